The molecule has 126 valence electrons. The third-order valence-corrected chi connectivity index (χ3v) is 5.21. The summed E-state index contributed by atoms with van der Waals surface area (Å²) in [5, 5.41) is 0. The van der Waals surface area contributed by atoms with Crippen LogP contribution in [0.3, 0.4) is 0 Å². The van der Waals surface area contributed by atoms with Crippen LogP contribution in [0.1, 0.15) is 24.8 Å². The zero-order chi connectivity index (χ0) is 16.7. The van der Waals surface area contributed by atoms with Gasteiger partial charge in [0.25, 0.3) is 0 Å². The summed E-state index contributed by atoms with van der Waals surface area (Å²) in [6, 6.07) is 9.67. The van der Waals surface area contributed by atoms with E-state index in [1.165, 1.54) is 6.08 Å². The quantitative estimate of drug-likeness (QED) is 0.620. The van der Waals surface area contributed by atoms with Crippen molar-refractivity contribution in [2.45, 2.75) is 43.4 Å². The summed E-state index contributed by atoms with van der Waals surface area (Å²) in [5.41, 5.74) is -4.28. The molecule has 1 saturated heterocycles. The molecule has 0 spiro atoms. The number of rotatable bonds is 4. The van der Waals surface area contributed by atoms with Crippen molar-refractivity contribution in [2.24, 2.45) is 0 Å². The largest absolute Gasteiger partial charge is 0.534 e. The van der Waals surface area contributed by atoms with Gasteiger partial charge in [-0.3, -0.25) is 4.90 Å². The zero-order valence-corrected chi connectivity index (χ0v) is 13.0. The normalized spacial score (nSPS) is 25.3. The van der Waals surface area contributed by atoms with Gasteiger partial charge in [0.05, 0.1) is 0 Å². The van der Waals surface area contributed by atoms with Gasteiger partial charge in [-0.25, -0.2) is 0 Å². The number of hydrogen-bond acceptors (Lipinski definition) is 4. The third-order valence-electron chi connectivity index (χ3n) is 4.21. The smallest absolute Gasteiger partial charge is 0.381 e. The maximum absolute atomic E-state index is 12.4. The topological polar surface area (TPSA) is 46.6 Å². The maximum Gasteiger partial charge on any atom is 0.534 e. The summed E-state index contributed by atoms with van der Waals surface area (Å²) in [6.45, 7) is 0.686. The average molecular weight is 347 g/mol. The molecule has 1 fully saturated rings. The van der Waals surface area contributed by atoms with Crippen molar-refractivity contribution in [3.63, 3.8) is 0 Å². The number of fused-ring (bicyclic) bond motifs is 2. The lowest BCUT2D eigenvalue weighted by Crippen LogP contribution is -2.39. The SMILES string of the molecule is O=S(=O)(OC1=C[C@H]2CC[C@@H](C1)N2Cc1ccccc1)C(F)(F)F. The van der Waals surface area contributed by atoms with Crippen molar-refractivity contribution >= 4 is 10.1 Å². The molecule has 2 aliphatic rings. The van der Waals surface area contributed by atoms with Gasteiger partial charge in [0.15, 0.2) is 0 Å². The number of hydrogen-bond donors (Lipinski definition) is 0. The molecule has 23 heavy (non-hydrogen) atoms. The number of benzene rings is 1. The minimum absolute atomic E-state index is 0.00337. The van der Waals surface area contributed by atoms with Crippen molar-refractivity contribution in [3.05, 3.63) is 47.7 Å². The van der Waals surface area contributed by atoms with Gasteiger partial charge >= 0.3 is 15.6 Å². The van der Waals surface area contributed by atoms with Gasteiger partial charge < -0.3 is 4.18 Å². The monoisotopic (exact) mass is 347 g/mol. The Morgan fingerprint density at radius 3 is 2.48 bits per heavy atom. The molecule has 0 amide bonds. The van der Waals surface area contributed by atoms with E-state index in [2.05, 4.69) is 9.08 Å². The van der Waals surface area contributed by atoms with Crippen molar-refractivity contribution in [3.8, 4) is 0 Å². The van der Waals surface area contributed by atoms with Gasteiger partial charge in [0.1, 0.15) is 5.76 Å². The highest BCUT2D eigenvalue weighted by Crippen LogP contribution is 2.38. The van der Waals surface area contributed by atoms with Crippen LogP contribution in [0, 0.1) is 0 Å². The van der Waals surface area contributed by atoms with E-state index < -0.39 is 15.6 Å². The Bertz CT molecular complexity index is 700. The summed E-state index contributed by atoms with van der Waals surface area (Å²) in [7, 11) is -5.58. The van der Waals surface area contributed by atoms with Crippen LogP contribution in [-0.2, 0) is 20.8 Å². The molecule has 0 aliphatic carbocycles. The molecule has 4 nitrogen and oxygen atoms in total. The van der Waals surface area contributed by atoms with E-state index in [1.807, 2.05) is 30.3 Å². The van der Waals surface area contributed by atoms with E-state index in [-0.39, 0.29) is 24.3 Å². The average Bonchev–Trinajstić information content (AvgIpc) is 2.69. The maximum atomic E-state index is 12.4. The summed E-state index contributed by atoms with van der Waals surface area (Å²) < 4.78 is 63.8. The zero-order valence-electron chi connectivity index (χ0n) is 12.2. The Morgan fingerprint density at radius 1 is 1.17 bits per heavy atom. The highest BCUT2D eigenvalue weighted by Gasteiger charge is 2.49. The molecule has 0 saturated carbocycles. The van der Waals surface area contributed by atoms with Crippen molar-refractivity contribution < 1.29 is 25.8 Å². The van der Waals surface area contributed by atoms with E-state index in [4.69, 9.17) is 0 Å². The predicted octanol–water partition coefficient (Wildman–Crippen LogP) is 3.17. The van der Waals surface area contributed by atoms with Crippen LogP contribution in [-0.4, -0.2) is 30.9 Å². The van der Waals surface area contributed by atoms with Crippen LogP contribution in [0.2, 0.25) is 0 Å². The fraction of sp³-hybridized carbons (Fsp3) is 0.467. The fourth-order valence-electron chi connectivity index (χ4n) is 3.17. The first-order chi connectivity index (χ1) is 10.8. The van der Waals surface area contributed by atoms with Gasteiger partial charge in [-0.2, -0.15) is 21.6 Å². The Labute approximate surface area is 132 Å². The molecular formula is C15H16F3NO3S. The molecule has 0 unspecified atom stereocenters. The van der Waals surface area contributed by atoms with Gasteiger partial charge in [0, 0.05) is 25.0 Å². The van der Waals surface area contributed by atoms with Crippen molar-refractivity contribution in [1.29, 1.82) is 0 Å². The molecule has 1 aromatic carbocycles. The molecule has 0 aromatic heterocycles. The van der Waals surface area contributed by atoms with E-state index in [9.17, 15) is 21.6 Å². The van der Waals surface area contributed by atoms with Gasteiger partial charge in [-0.05, 0) is 24.5 Å². The highest BCUT2D eigenvalue weighted by molar-refractivity contribution is 7.87. The Hall–Kier alpha value is -1.54. The third kappa shape index (κ3) is 3.37. The Morgan fingerprint density at radius 2 is 1.87 bits per heavy atom. The number of halogens is 3. The fourth-order valence-corrected chi connectivity index (χ4v) is 3.67. The van der Waals surface area contributed by atoms with Crippen LogP contribution in [0.4, 0.5) is 13.2 Å². The summed E-state index contributed by atoms with van der Waals surface area (Å²) in [5.74, 6) is -0.0980. The van der Waals surface area contributed by atoms with Crippen LogP contribution in [0.25, 0.3) is 0 Å². The standard InChI is InChI=1S/C15H16F3NO3S/c16-15(17,18)23(20,21)22-14-8-12-6-7-13(9-14)19(12)10-11-4-2-1-3-5-11/h1-5,8,12-13H,6-7,9-10H2/t12-,13+/m1/s1. The van der Waals surface area contributed by atoms with Gasteiger partial charge in [-0.1, -0.05) is 30.3 Å². The molecule has 2 aliphatic heterocycles. The lowest BCUT2D eigenvalue weighted by Gasteiger charge is -2.33. The summed E-state index contributed by atoms with van der Waals surface area (Å²) in [6.07, 6.45) is 3.29. The molecular weight excluding hydrogens is 331 g/mol. The first kappa shape index (κ1) is 16.3. The van der Waals surface area contributed by atoms with Crippen molar-refractivity contribution in [1.82, 2.24) is 4.90 Å². The molecule has 8 heteroatoms. The van der Waals surface area contributed by atoms with Crippen molar-refractivity contribution in [2.75, 3.05) is 0 Å². The van der Waals surface area contributed by atoms with Gasteiger partial charge in [-0.15, -0.1) is 0 Å². The second kappa shape index (κ2) is 5.83. The lowest BCUT2D eigenvalue weighted by molar-refractivity contribution is -0.0526. The van der Waals surface area contributed by atoms with E-state index in [0.29, 0.717) is 6.54 Å². The van der Waals surface area contributed by atoms with E-state index in [1.54, 1.807) is 0 Å². The first-order valence-corrected chi connectivity index (χ1v) is 8.68. The highest BCUT2D eigenvalue weighted by atomic mass is 32.2. The Balaban J connectivity index is 1.74. The summed E-state index contributed by atoms with van der Waals surface area (Å²) >= 11 is 0. The van der Waals surface area contributed by atoms with Crippen LogP contribution >= 0.6 is 0 Å². The van der Waals surface area contributed by atoms with Crippen LogP contribution in [0.5, 0.6) is 0 Å². The second-order valence-electron chi connectivity index (χ2n) is 5.78. The summed E-state index contributed by atoms with van der Waals surface area (Å²) in [4.78, 5) is 2.18. The van der Waals surface area contributed by atoms with Crippen LogP contribution < -0.4 is 0 Å². The minimum Gasteiger partial charge on any atom is -0.381 e. The van der Waals surface area contributed by atoms with E-state index >= 15 is 0 Å². The van der Waals surface area contributed by atoms with Gasteiger partial charge in [0.2, 0.25) is 0 Å². The molecule has 0 N–H and O–H groups in total. The molecule has 1 aromatic rings. The molecule has 2 bridgehead atoms. The second-order valence-corrected chi connectivity index (χ2v) is 7.31. The molecule has 2 heterocycles. The van der Waals surface area contributed by atoms with Crippen LogP contribution in [0.15, 0.2) is 42.2 Å². The molecule has 0 radical (unpaired) electrons. The lowest BCUT2D eigenvalue weighted by atomic mass is 10.1. The minimum atomic E-state index is -5.58. The predicted molar refractivity (Wildman–Crippen MR) is 77.6 cm³/mol. The number of alkyl halides is 3. The molecule has 2 atom stereocenters. The van der Waals surface area contributed by atoms with E-state index in [0.717, 1.165) is 18.4 Å². The number of nitrogens with zero attached hydrogens (tertiary/aromatic N) is 1. The first-order valence-electron chi connectivity index (χ1n) is 7.27. The molecule has 3 rings (SSSR count). The Kier molecular flexibility index (Phi) is 4.14.